The number of piperidine rings is 1. The van der Waals surface area contributed by atoms with Crippen LogP contribution in [0.1, 0.15) is 35.7 Å². The minimum atomic E-state index is 0. The predicted octanol–water partition coefficient (Wildman–Crippen LogP) is 3.50. The first-order valence-electron chi connectivity index (χ1n) is 10.8. The molecule has 9 heteroatoms. The molecule has 2 heterocycles. The Hall–Kier alpha value is -2.01. The topological polar surface area (TPSA) is 84.2 Å². The molecule has 0 spiro atoms. The summed E-state index contributed by atoms with van der Waals surface area (Å²) in [6.07, 6.45) is 2.30. The van der Waals surface area contributed by atoms with Gasteiger partial charge in [-0.15, -0.1) is 24.0 Å². The van der Waals surface area contributed by atoms with Crippen LogP contribution in [0.25, 0.3) is 0 Å². The van der Waals surface area contributed by atoms with Crippen molar-refractivity contribution in [3.63, 3.8) is 0 Å². The fourth-order valence-corrected chi connectivity index (χ4v) is 3.79. The number of rotatable bonds is 8. The summed E-state index contributed by atoms with van der Waals surface area (Å²) in [5.74, 6) is 4.74. The van der Waals surface area contributed by atoms with Crippen molar-refractivity contribution in [3.05, 3.63) is 41.1 Å². The third-order valence-electron chi connectivity index (χ3n) is 5.86. The Kier molecular flexibility index (Phi) is 10.6. The van der Waals surface area contributed by atoms with Gasteiger partial charge in [-0.05, 0) is 57.8 Å². The molecule has 3 rings (SSSR count). The number of hydrogen-bond acceptors (Lipinski definition) is 6. The van der Waals surface area contributed by atoms with Gasteiger partial charge >= 0.3 is 0 Å². The lowest BCUT2D eigenvalue weighted by atomic mass is 9.97. The number of benzene rings is 1. The van der Waals surface area contributed by atoms with Gasteiger partial charge in [0.1, 0.15) is 17.3 Å². The molecule has 1 aromatic carbocycles. The van der Waals surface area contributed by atoms with Crippen molar-refractivity contribution >= 4 is 29.9 Å². The first kappa shape index (κ1) is 26.2. The van der Waals surface area contributed by atoms with Crippen LogP contribution < -0.4 is 20.1 Å². The molecule has 0 aliphatic carbocycles. The second-order valence-corrected chi connectivity index (χ2v) is 7.95. The standard InChI is InChI=1S/C23H35N5O3.HI/c1-16-17(2)31-22(27-16)15-28-10-8-18(9-11-28)13-25-23(24-3)26-14-19-6-7-20(29-4)12-21(19)30-5;/h6-7,12,18H,8-11,13-15H2,1-5H3,(H2,24,25,26);1H. The molecule has 8 nitrogen and oxygen atoms in total. The van der Waals surface area contributed by atoms with Gasteiger partial charge in [-0.1, -0.05) is 0 Å². The third kappa shape index (κ3) is 7.26. The van der Waals surface area contributed by atoms with Crippen molar-refractivity contribution in [2.75, 3.05) is 40.9 Å². The number of guanidine groups is 1. The molecule has 1 aliphatic rings. The summed E-state index contributed by atoms with van der Waals surface area (Å²) in [7, 11) is 5.12. The molecule has 2 aromatic rings. The summed E-state index contributed by atoms with van der Waals surface area (Å²) < 4.78 is 16.5. The average Bonchev–Trinajstić information content (AvgIpc) is 3.11. The summed E-state index contributed by atoms with van der Waals surface area (Å²) in [6, 6.07) is 5.83. The minimum Gasteiger partial charge on any atom is -0.497 e. The second kappa shape index (κ2) is 12.9. The highest BCUT2D eigenvalue weighted by Gasteiger charge is 2.21. The van der Waals surface area contributed by atoms with Gasteiger partial charge in [-0.25, -0.2) is 4.98 Å². The van der Waals surface area contributed by atoms with Crippen LogP contribution in [-0.2, 0) is 13.1 Å². The third-order valence-corrected chi connectivity index (χ3v) is 5.86. The number of aryl methyl sites for hydroxylation is 2. The Morgan fingerprint density at radius 3 is 2.53 bits per heavy atom. The van der Waals surface area contributed by atoms with E-state index in [9.17, 15) is 0 Å². The van der Waals surface area contributed by atoms with Crippen LogP contribution in [-0.4, -0.2) is 56.7 Å². The number of ether oxygens (including phenoxy) is 2. The van der Waals surface area contributed by atoms with E-state index in [1.807, 2.05) is 32.0 Å². The number of likely N-dealkylation sites (tertiary alicyclic amines) is 1. The molecule has 178 valence electrons. The second-order valence-electron chi connectivity index (χ2n) is 7.95. The smallest absolute Gasteiger partial charge is 0.208 e. The monoisotopic (exact) mass is 557 g/mol. The molecule has 0 radical (unpaired) electrons. The number of aliphatic imine (C=N–C) groups is 1. The zero-order chi connectivity index (χ0) is 22.2. The molecule has 1 aliphatic heterocycles. The van der Waals surface area contributed by atoms with Gasteiger partial charge in [0.25, 0.3) is 0 Å². The Bertz CT molecular complexity index is 859. The minimum absolute atomic E-state index is 0. The van der Waals surface area contributed by atoms with E-state index in [0.29, 0.717) is 12.5 Å². The van der Waals surface area contributed by atoms with Crippen molar-refractivity contribution in [1.29, 1.82) is 0 Å². The van der Waals surface area contributed by atoms with Crippen molar-refractivity contribution in [1.82, 2.24) is 20.5 Å². The quantitative estimate of drug-likeness (QED) is 0.292. The number of nitrogens with zero attached hydrogens (tertiary/aromatic N) is 3. The fourth-order valence-electron chi connectivity index (χ4n) is 3.79. The van der Waals surface area contributed by atoms with Gasteiger partial charge < -0.3 is 24.5 Å². The van der Waals surface area contributed by atoms with Gasteiger partial charge in [-0.3, -0.25) is 9.89 Å². The van der Waals surface area contributed by atoms with E-state index in [1.165, 1.54) is 0 Å². The average molecular weight is 557 g/mol. The Labute approximate surface area is 208 Å². The van der Waals surface area contributed by atoms with E-state index in [-0.39, 0.29) is 24.0 Å². The highest BCUT2D eigenvalue weighted by Crippen LogP contribution is 2.24. The van der Waals surface area contributed by atoms with E-state index in [2.05, 4.69) is 25.5 Å². The maximum Gasteiger partial charge on any atom is 0.208 e. The van der Waals surface area contributed by atoms with Gasteiger partial charge in [0, 0.05) is 31.8 Å². The summed E-state index contributed by atoms with van der Waals surface area (Å²) in [4.78, 5) is 11.3. The first-order chi connectivity index (χ1) is 15.0. The normalized spacial score (nSPS) is 15.2. The Morgan fingerprint density at radius 2 is 1.94 bits per heavy atom. The van der Waals surface area contributed by atoms with Crippen molar-refractivity contribution in [2.24, 2.45) is 10.9 Å². The molecule has 1 fully saturated rings. The lowest BCUT2D eigenvalue weighted by molar-refractivity contribution is 0.164. The maximum atomic E-state index is 5.73. The molecule has 32 heavy (non-hydrogen) atoms. The van der Waals surface area contributed by atoms with Gasteiger partial charge in [-0.2, -0.15) is 0 Å². The Balaban J connectivity index is 0.00000363. The lowest BCUT2D eigenvalue weighted by Crippen LogP contribution is -2.42. The highest BCUT2D eigenvalue weighted by molar-refractivity contribution is 14.0. The van der Waals surface area contributed by atoms with Crippen molar-refractivity contribution < 1.29 is 13.9 Å². The van der Waals surface area contributed by atoms with Crippen LogP contribution in [0.2, 0.25) is 0 Å². The van der Waals surface area contributed by atoms with Crippen LogP contribution >= 0.6 is 24.0 Å². The fraction of sp³-hybridized carbons (Fsp3) is 0.565. The molecular formula is C23H36IN5O3. The van der Waals surface area contributed by atoms with Crippen LogP contribution in [0.4, 0.5) is 0 Å². The van der Waals surface area contributed by atoms with Gasteiger partial charge in [0.15, 0.2) is 5.96 Å². The molecule has 0 saturated carbocycles. The molecule has 2 N–H and O–H groups in total. The molecular weight excluding hydrogens is 521 g/mol. The molecule has 0 bridgehead atoms. The van der Waals surface area contributed by atoms with E-state index in [4.69, 9.17) is 13.9 Å². The van der Waals surface area contributed by atoms with Crippen LogP contribution in [0.15, 0.2) is 27.6 Å². The van der Waals surface area contributed by atoms with Crippen molar-refractivity contribution in [3.8, 4) is 11.5 Å². The van der Waals surface area contributed by atoms with Crippen molar-refractivity contribution in [2.45, 2.75) is 39.8 Å². The summed E-state index contributed by atoms with van der Waals surface area (Å²) in [5.41, 5.74) is 2.04. The number of oxazole rings is 1. The zero-order valence-electron chi connectivity index (χ0n) is 19.7. The molecule has 0 amide bonds. The van der Waals surface area contributed by atoms with E-state index < -0.39 is 0 Å². The number of hydrogen-bond donors (Lipinski definition) is 2. The number of halogens is 1. The van der Waals surface area contributed by atoms with E-state index in [0.717, 1.165) is 79.4 Å². The highest BCUT2D eigenvalue weighted by atomic mass is 127. The Morgan fingerprint density at radius 1 is 1.19 bits per heavy atom. The van der Waals surface area contributed by atoms with Gasteiger partial charge in [0.05, 0.1) is 26.5 Å². The molecule has 1 aromatic heterocycles. The summed E-state index contributed by atoms with van der Waals surface area (Å²) >= 11 is 0. The first-order valence-corrected chi connectivity index (χ1v) is 10.8. The number of aromatic nitrogens is 1. The van der Waals surface area contributed by atoms with Crippen LogP contribution in [0.5, 0.6) is 11.5 Å². The molecule has 0 unspecified atom stereocenters. The molecule has 1 saturated heterocycles. The summed E-state index contributed by atoms with van der Waals surface area (Å²) in [6.45, 7) is 8.40. The van der Waals surface area contributed by atoms with E-state index in [1.54, 1.807) is 21.3 Å². The zero-order valence-corrected chi connectivity index (χ0v) is 22.1. The van der Waals surface area contributed by atoms with Gasteiger partial charge in [0.2, 0.25) is 5.89 Å². The predicted molar refractivity (Wildman–Crippen MR) is 137 cm³/mol. The summed E-state index contributed by atoms with van der Waals surface area (Å²) in [5, 5.41) is 6.84. The maximum absolute atomic E-state index is 5.73. The van der Waals surface area contributed by atoms with E-state index >= 15 is 0 Å². The lowest BCUT2D eigenvalue weighted by Gasteiger charge is -2.31. The largest absolute Gasteiger partial charge is 0.497 e. The number of methoxy groups -OCH3 is 2. The SMILES string of the molecule is CN=C(NCc1ccc(OC)cc1OC)NCC1CCN(Cc2nc(C)c(C)o2)CC1.I. The number of nitrogens with one attached hydrogen (secondary N) is 2. The van der Waals surface area contributed by atoms with Crippen LogP contribution in [0.3, 0.4) is 0 Å². The molecule has 0 atom stereocenters. The van der Waals surface area contributed by atoms with Crippen LogP contribution in [0, 0.1) is 19.8 Å².